The van der Waals surface area contributed by atoms with Crippen molar-refractivity contribution in [3.8, 4) is 0 Å². The molecule has 2 aromatic rings. The van der Waals surface area contributed by atoms with Gasteiger partial charge in [0.25, 0.3) is 0 Å². The number of amides is 1. The zero-order chi connectivity index (χ0) is 19.8. The number of nitrogens with one attached hydrogen (secondary N) is 1. The number of benzene rings is 2. The van der Waals surface area contributed by atoms with Crippen molar-refractivity contribution in [1.29, 1.82) is 0 Å². The lowest BCUT2D eigenvalue weighted by molar-refractivity contribution is -0.116. The summed E-state index contributed by atoms with van der Waals surface area (Å²) in [6, 6.07) is 16.9. The molecule has 0 fully saturated rings. The Kier molecular flexibility index (Phi) is 7.62. The molecule has 0 spiro atoms. The van der Waals surface area contributed by atoms with Crippen LogP contribution in [0.4, 0.5) is 5.69 Å². The number of rotatable bonds is 8. The minimum atomic E-state index is -0.0799. The predicted molar refractivity (Wildman–Crippen MR) is 115 cm³/mol. The van der Waals surface area contributed by atoms with E-state index >= 15 is 0 Å². The first kappa shape index (κ1) is 20.7. The van der Waals surface area contributed by atoms with Gasteiger partial charge in [-0.05, 0) is 55.4 Å². The topological polar surface area (TPSA) is 35.6 Å². The van der Waals surface area contributed by atoms with Crippen LogP contribution in [-0.2, 0) is 11.2 Å². The molecule has 0 saturated carbocycles. The molecule has 0 radical (unpaired) electrons. The quantitative estimate of drug-likeness (QED) is 0.724. The van der Waals surface area contributed by atoms with Crippen molar-refractivity contribution >= 4 is 17.7 Å². The molecular formula is C23H31N3O. The Bertz CT molecular complexity index is 746. The summed E-state index contributed by atoms with van der Waals surface area (Å²) < 4.78 is 0. The van der Waals surface area contributed by atoms with Crippen LogP contribution in [0.5, 0.6) is 0 Å². The Morgan fingerprint density at radius 1 is 1.00 bits per heavy atom. The molecule has 0 saturated heterocycles. The number of aryl methyl sites for hydroxylation is 1. The van der Waals surface area contributed by atoms with Crippen LogP contribution < -0.4 is 10.2 Å². The van der Waals surface area contributed by atoms with Crippen LogP contribution in [0.15, 0.2) is 54.6 Å². The van der Waals surface area contributed by atoms with Crippen LogP contribution in [0.25, 0.3) is 6.08 Å². The smallest absolute Gasteiger partial charge is 0.244 e. The maximum absolute atomic E-state index is 12.2. The first-order valence-corrected chi connectivity index (χ1v) is 9.39. The fraction of sp³-hybridized carbons (Fsp3) is 0.348. The molecule has 144 valence electrons. The van der Waals surface area contributed by atoms with Gasteiger partial charge in [-0.15, -0.1) is 0 Å². The highest BCUT2D eigenvalue weighted by atomic mass is 16.1. The molecule has 0 aromatic heterocycles. The molecule has 2 rings (SSSR count). The van der Waals surface area contributed by atoms with E-state index in [-0.39, 0.29) is 11.9 Å². The van der Waals surface area contributed by atoms with Crippen molar-refractivity contribution < 1.29 is 4.79 Å². The summed E-state index contributed by atoms with van der Waals surface area (Å²) >= 11 is 0. The van der Waals surface area contributed by atoms with E-state index in [9.17, 15) is 4.79 Å². The summed E-state index contributed by atoms with van der Waals surface area (Å²) in [5.41, 5.74) is 4.68. The number of hydrogen-bond acceptors (Lipinski definition) is 3. The molecule has 0 aliphatic rings. The fourth-order valence-electron chi connectivity index (χ4n) is 2.89. The van der Waals surface area contributed by atoms with Crippen LogP contribution in [0.2, 0.25) is 0 Å². The number of carbonyl (C=O) groups excluding carboxylic acids is 1. The fourth-order valence-corrected chi connectivity index (χ4v) is 2.89. The highest BCUT2D eigenvalue weighted by Crippen LogP contribution is 2.18. The predicted octanol–water partition coefficient (Wildman–Crippen LogP) is 3.75. The van der Waals surface area contributed by atoms with Gasteiger partial charge in [-0.3, -0.25) is 4.79 Å². The largest absolute Gasteiger partial charge is 0.378 e. The molecule has 1 amide bonds. The van der Waals surface area contributed by atoms with Gasteiger partial charge in [-0.2, -0.15) is 0 Å². The van der Waals surface area contributed by atoms with Crippen molar-refractivity contribution in [3.63, 3.8) is 0 Å². The van der Waals surface area contributed by atoms with E-state index in [1.165, 1.54) is 11.1 Å². The summed E-state index contributed by atoms with van der Waals surface area (Å²) in [7, 11) is 8.09. The molecule has 0 unspecified atom stereocenters. The van der Waals surface area contributed by atoms with E-state index in [4.69, 9.17) is 0 Å². The third-order valence-corrected chi connectivity index (χ3v) is 4.70. The van der Waals surface area contributed by atoms with Crippen LogP contribution in [-0.4, -0.2) is 45.5 Å². The number of nitrogens with zero attached hydrogens (tertiary/aromatic N) is 2. The summed E-state index contributed by atoms with van der Waals surface area (Å²) in [6.07, 6.45) is 4.47. The Hall–Kier alpha value is -2.59. The number of hydrogen-bond donors (Lipinski definition) is 1. The van der Waals surface area contributed by atoms with E-state index in [2.05, 4.69) is 46.3 Å². The van der Waals surface area contributed by atoms with Gasteiger partial charge in [-0.1, -0.05) is 43.3 Å². The molecule has 4 heteroatoms. The van der Waals surface area contributed by atoms with Gasteiger partial charge in [0.15, 0.2) is 0 Å². The third kappa shape index (κ3) is 6.26. The first-order chi connectivity index (χ1) is 12.9. The lowest BCUT2D eigenvalue weighted by Crippen LogP contribution is -2.33. The molecule has 4 nitrogen and oxygen atoms in total. The second kappa shape index (κ2) is 9.93. The molecule has 2 aromatic carbocycles. The molecule has 1 N–H and O–H groups in total. The van der Waals surface area contributed by atoms with Gasteiger partial charge in [0.05, 0.1) is 6.04 Å². The zero-order valence-corrected chi connectivity index (χ0v) is 17.1. The average molecular weight is 366 g/mol. The van der Waals surface area contributed by atoms with Crippen molar-refractivity contribution in [3.05, 3.63) is 71.3 Å². The van der Waals surface area contributed by atoms with Crippen LogP contribution in [0.1, 0.15) is 29.7 Å². The molecule has 0 bridgehead atoms. The number of carbonyl (C=O) groups is 1. The van der Waals surface area contributed by atoms with E-state index in [1.807, 2.05) is 58.5 Å². The van der Waals surface area contributed by atoms with Gasteiger partial charge >= 0.3 is 0 Å². The third-order valence-electron chi connectivity index (χ3n) is 4.70. The first-order valence-electron chi connectivity index (χ1n) is 9.39. The Morgan fingerprint density at radius 3 is 2.15 bits per heavy atom. The lowest BCUT2D eigenvalue weighted by atomic mass is 10.0. The van der Waals surface area contributed by atoms with E-state index < -0.39 is 0 Å². The second-order valence-electron chi connectivity index (χ2n) is 7.14. The van der Waals surface area contributed by atoms with Gasteiger partial charge in [0.1, 0.15) is 0 Å². The molecule has 0 aliphatic carbocycles. The molecule has 0 heterocycles. The maximum Gasteiger partial charge on any atom is 0.244 e. The van der Waals surface area contributed by atoms with E-state index in [1.54, 1.807) is 6.08 Å². The minimum Gasteiger partial charge on any atom is -0.378 e. The summed E-state index contributed by atoms with van der Waals surface area (Å²) in [4.78, 5) is 16.4. The number of likely N-dealkylation sites (N-methyl/N-ethyl adjacent to an activating group) is 1. The Morgan fingerprint density at radius 2 is 1.63 bits per heavy atom. The van der Waals surface area contributed by atoms with Gasteiger partial charge in [0, 0.05) is 32.4 Å². The van der Waals surface area contributed by atoms with Gasteiger partial charge in [-0.25, -0.2) is 0 Å². The Labute approximate surface area is 163 Å². The summed E-state index contributed by atoms with van der Waals surface area (Å²) in [6.45, 7) is 2.72. The maximum atomic E-state index is 12.2. The normalized spacial score (nSPS) is 12.4. The SMILES string of the molecule is CCc1ccc([C@H](CNC(=O)/C=C\c2ccc(N(C)C)cc2)N(C)C)cc1. The highest BCUT2D eigenvalue weighted by molar-refractivity contribution is 5.91. The zero-order valence-electron chi connectivity index (χ0n) is 17.1. The molecule has 27 heavy (non-hydrogen) atoms. The molecule has 1 atom stereocenters. The van der Waals surface area contributed by atoms with Crippen molar-refractivity contribution in [1.82, 2.24) is 10.2 Å². The summed E-state index contributed by atoms with van der Waals surface area (Å²) in [5.74, 6) is -0.0799. The van der Waals surface area contributed by atoms with Crippen molar-refractivity contribution in [2.75, 3.05) is 39.6 Å². The van der Waals surface area contributed by atoms with E-state index in [0.717, 1.165) is 17.7 Å². The van der Waals surface area contributed by atoms with Crippen molar-refractivity contribution in [2.24, 2.45) is 0 Å². The lowest BCUT2D eigenvalue weighted by Gasteiger charge is -2.25. The summed E-state index contributed by atoms with van der Waals surface area (Å²) in [5, 5.41) is 3.02. The van der Waals surface area contributed by atoms with E-state index in [0.29, 0.717) is 6.54 Å². The molecular weight excluding hydrogens is 334 g/mol. The minimum absolute atomic E-state index is 0.0799. The highest BCUT2D eigenvalue weighted by Gasteiger charge is 2.14. The van der Waals surface area contributed by atoms with Crippen molar-refractivity contribution in [2.45, 2.75) is 19.4 Å². The molecule has 0 aliphatic heterocycles. The van der Waals surface area contributed by atoms with Crippen LogP contribution >= 0.6 is 0 Å². The average Bonchev–Trinajstić information content (AvgIpc) is 2.67. The van der Waals surface area contributed by atoms with Gasteiger partial charge in [0.2, 0.25) is 5.91 Å². The number of anilines is 1. The monoisotopic (exact) mass is 365 g/mol. The van der Waals surface area contributed by atoms with Gasteiger partial charge < -0.3 is 15.1 Å². The standard InChI is InChI=1S/C23H31N3O/c1-6-18-7-12-20(13-8-18)22(26(4)5)17-24-23(27)16-11-19-9-14-21(15-10-19)25(2)3/h7-16,22H,6,17H2,1-5H3,(H,24,27)/b16-11-/t22-/m0/s1. The van der Waals surface area contributed by atoms with Crippen LogP contribution in [0, 0.1) is 0 Å². The van der Waals surface area contributed by atoms with Crippen LogP contribution in [0.3, 0.4) is 0 Å². The second-order valence-corrected chi connectivity index (χ2v) is 7.14. The Balaban J connectivity index is 1.94.